The van der Waals surface area contributed by atoms with Crippen molar-refractivity contribution in [1.29, 1.82) is 0 Å². The Morgan fingerprint density at radius 3 is 3.07 bits per heavy atom. The first-order valence-corrected chi connectivity index (χ1v) is 4.72. The van der Waals surface area contributed by atoms with E-state index in [9.17, 15) is 10.1 Å². The van der Waals surface area contributed by atoms with Crippen LogP contribution in [0.15, 0.2) is 11.8 Å². The van der Waals surface area contributed by atoms with E-state index < -0.39 is 4.92 Å². The van der Waals surface area contributed by atoms with Crippen molar-refractivity contribution >= 4 is 0 Å². The average molecular weight is 201 g/mol. The van der Waals surface area contributed by atoms with E-state index in [1.165, 1.54) is 0 Å². The molecule has 0 aromatic heterocycles. The van der Waals surface area contributed by atoms with E-state index >= 15 is 0 Å². The van der Waals surface area contributed by atoms with E-state index in [4.69, 9.17) is 9.47 Å². The lowest BCUT2D eigenvalue weighted by molar-refractivity contribution is -0.403. The molecule has 0 aromatic rings. The molecule has 0 saturated carbocycles. The summed E-state index contributed by atoms with van der Waals surface area (Å²) in [7, 11) is 0. The lowest BCUT2D eigenvalue weighted by Gasteiger charge is -2.22. The molecule has 1 saturated heterocycles. The maximum absolute atomic E-state index is 10.1. The summed E-state index contributed by atoms with van der Waals surface area (Å²) in [4.78, 5) is 9.63. The Morgan fingerprint density at radius 2 is 2.50 bits per heavy atom. The van der Waals surface area contributed by atoms with Crippen LogP contribution in [0.1, 0.15) is 26.2 Å². The molecule has 5 heteroatoms. The van der Waals surface area contributed by atoms with Crippen LogP contribution >= 0.6 is 0 Å². The summed E-state index contributed by atoms with van der Waals surface area (Å²) >= 11 is 0. The number of hydrogen-bond acceptors (Lipinski definition) is 4. The summed E-state index contributed by atoms with van der Waals surface area (Å²) in [5.41, 5.74) is 0.601. The molecule has 14 heavy (non-hydrogen) atoms. The standard InChI is InChI=1S/C9H15NO4/c1-8(6-10(11)12)7-14-9-4-2-3-5-13-9/h6,9H,2-5,7H2,1H3. The van der Waals surface area contributed by atoms with Crippen molar-refractivity contribution in [2.45, 2.75) is 32.5 Å². The van der Waals surface area contributed by atoms with Gasteiger partial charge in [0, 0.05) is 12.2 Å². The highest BCUT2D eigenvalue weighted by Gasteiger charge is 2.14. The van der Waals surface area contributed by atoms with Crippen LogP contribution in [0, 0.1) is 10.1 Å². The van der Waals surface area contributed by atoms with Gasteiger partial charge >= 0.3 is 0 Å². The first-order valence-electron chi connectivity index (χ1n) is 4.72. The second-order valence-electron chi connectivity index (χ2n) is 3.37. The van der Waals surface area contributed by atoms with Gasteiger partial charge in [-0.3, -0.25) is 10.1 Å². The van der Waals surface area contributed by atoms with Gasteiger partial charge in [-0.1, -0.05) is 0 Å². The largest absolute Gasteiger partial charge is 0.353 e. The van der Waals surface area contributed by atoms with E-state index in [1.54, 1.807) is 6.92 Å². The predicted molar refractivity (Wildman–Crippen MR) is 50.3 cm³/mol. The Hall–Kier alpha value is -0.940. The molecule has 0 N–H and O–H groups in total. The Labute approximate surface area is 82.8 Å². The van der Waals surface area contributed by atoms with E-state index in [0.29, 0.717) is 5.57 Å². The molecule has 0 aliphatic carbocycles. The van der Waals surface area contributed by atoms with E-state index in [0.717, 1.165) is 32.1 Å². The Bertz CT molecular complexity index is 221. The van der Waals surface area contributed by atoms with Crippen LogP contribution in [0.3, 0.4) is 0 Å². The SMILES string of the molecule is CC(=C[N+](=O)[O-])COC1CCCCO1. The zero-order valence-corrected chi connectivity index (χ0v) is 8.27. The molecule has 0 spiro atoms. The molecule has 80 valence electrons. The second-order valence-corrected chi connectivity index (χ2v) is 3.37. The van der Waals surface area contributed by atoms with Gasteiger partial charge in [-0.25, -0.2) is 0 Å². The molecule has 0 bridgehead atoms. The van der Waals surface area contributed by atoms with Gasteiger partial charge in [0.05, 0.1) is 11.5 Å². The van der Waals surface area contributed by atoms with Crippen LogP contribution < -0.4 is 0 Å². The van der Waals surface area contributed by atoms with Gasteiger partial charge in [-0.15, -0.1) is 0 Å². The van der Waals surface area contributed by atoms with Crippen molar-refractivity contribution in [3.63, 3.8) is 0 Å². The number of nitrogens with zero attached hydrogens (tertiary/aromatic N) is 1. The fourth-order valence-corrected chi connectivity index (χ4v) is 1.28. The third-order valence-corrected chi connectivity index (χ3v) is 1.96. The van der Waals surface area contributed by atoms with Crippen molar-refractivity contribution in [1.82, 2.24) is 0 Å². The van der Waals surface area contributed by atoms with Gasteiger partial charge in [0.15, 0.2) is 6.29 Å². The first kappa shape index (κ1) is 11.1. The van der Waals surface area contributed by atoms with Crippen molar-refractivity contribution in [3.8, 4) is 0 Å². The summed E-state index contributed by atoms with van der Waals surface area (Å²) < 4.78 is 10.7. The Balaban J connectivity index is 2.21. The molecule has 1 atom stereocenters. The lowest BCUT2D eigenvalue weighted by Crippen LogP contribution is -2.23. The molecule has 1 aliphatic heterocycles. The quantitative estimate of drug-likeness (QED) is 0.513. The Kier molecular flexibility index (Phi) is 4.55. The highest BCUT2D eigenvalue weighted by atomic mass is 16.7. The van der Waals surface area contributed by atoms with Crippen LogP contribution in [0.4, 0.5) is 0 Å². The van der Waals surface area contributed by atoms with Crippen LogP contribution in [0.2, 0.25) is 0 Å². The maximum atomic E-state index is 10.1. The smallest absolute Gasteiger partial charge is 0.235 e. The van der Waals surface area contributed by atoms with Gasteiger partial charge in [0.2, 0.25) is 6.20 Å². The summed E-state index contributed by atoms with van der Waals surface area (Å²) in [6.07, 6.45) is 3.83. The van der Waals surface area contributed by atoms with Gasteiger partial charge in [0.1, 0.15) is 0 Å². The van der Waals surface area contributed by atoms with Crippen LogP contribution in [-0.4, -0.2) is 24.4 Å². The molecule has 1 unspecified atom stereocenters. The minimum atomic E-state index is -0.472. The molecule has 1 rings (SSSR count). The molecular formula is C9H15NO4. The summed E-state index contributed by atoms with van der Waals surface area (Å²) in [6.45, 7) is 2.67. The van der Waals surface area contributed by atoms with E-state index in [2.05, 4.69) is 0 Å². The third kappa shape index (κ3) is 4.34. The van der Waals surface area contributed by atoms with Gasteiger partial charge in [0.25, 0.3) is 0 Å². The van der Waals surface area contributed by atoms with Crippen LogP contribution in [0.5, 0.6) is 0 Å². The van der Waals surface area contributed by atoms with Gasteiger partial charge < -0.3 is 9.47 Å². The zero-order valence-electron chi connectivity index (χ0n) is 8.27. The van der Waals surface area contributed by atoms with E-state index in [-0.39, 0.29) is 12.9 Å². The van der Waals surface area contributed by atoms with Crippen molar-refractivity contribution in [2.24, 2.45) is 0 Å². The van der Waals surface area contributed by atoms with Crippen molar-refractivity contribution in [3.05, 3.63) is 21.9 Å². The number of ether oxygens (including phenoxy) is 2. The monoisotopic (exact) mass is 201 g/mol. The van der Waals surface area contributed by atoms with Gasteiger partial charge in [-0.2, -0.15) is 0 Å². The molecule has 5 nitrogen and oxygen atoms in total. The molecule has 0 radical (unpaired) electrons. The molecule has 0 aromatic carbocycles. The highest BCUT2D eigenvalue weighted by molar-refractivity contribution is 4.92. The molecule has 1 heterocycles. The van der Waals surface area contributed by atoms with Crippen LogP contribution in [-0.2, 0) is 9.47 Å². The first-order chi connectivity index (χ1) is 6.68. The summed E-state index contributed by atoms with van der Waals surface area (Å²) in [5.74, 6) is 0. The number of hydrogen-bond donors (Lipinski definition) is 0. The molecular weight excluding hydrogens is 186 g/mol. The fraction of sp³-hybridized carbons (Fsp3) is 0.778. The third-order valence-electron chi connectivity index (χ3n) is 1.96. The molecule has 0 amide bonds. The fourth-order valence-electron chi connectivity index (χ4n) is 1.28. The minimum Gasteiger partial charge on any atom is -0.353 e. The molecule has 1 aliphatic rings. The summed E-state index contributed by atoms with van der Waals surface area (Å²) in [6, 6.07) is 0. The topological polar surface area (TPSA) is 61.6 Å². The summed E-state index contributed by atoms with van der Waals surface area (Å²) in [5, 5.41) is 10.1. The number of nitro groups is 1. The maximum Gasteiger partial charge on any atom is 0.235 e. The minimum absolute atomic E-state index is 0.182. The second kappa shape index (κ2) is 5.72. The zero-order chi connectivity index (χ0) is 10.4. The Morgan fingerprint density at radius 1 is 1.71 bits per heavy atom. The predicted octanol–water partition coefficient (Wildman–Crippen LogP) is 1.71. The molecule has 1 fully saturated rings. The lowest BCUT2D eigenvalue weighted by atomic mass is 10.2. The number of rotatable bonds is 4. The van der Waals surface area contributed by atoms with Crippen molar-refractivity contribution in [2.75, 3.05) is 13.2 Å². The van der Waals surface area contributed by atoms with Gasteiger partial charge in [-0.05, 0) is 26.2 Å². The average Bonchev–Trinajstić information content (AvgIpc) is 2.15. The van der Waals surface area contributed by atoms with E-state index in [1.807, 2.05) is 0 Å². The van der Waals surface area contributed by atoms with Crippen molar-refractivity contribution < 1.29 is 14.4 Å². The highest BCUT2D eigenvalue weighted by Crippen LogP contribution is 2.14. The normalized spacial score (nSPS) is 23.5. The van der Waals surface area contributed by atoms with Crippen LogP contribution in [0.25, 0.3) is 0 Å².